The minimum absolute atomic E-state index is 0.698. The third-order valence-electron chi connectivity index (χ3n) is 4.69. The normalized spacial score (nSPS) is 13.8. The predicted molar refractivity (Wildman–Crippen MR) is 98.4 cm³/mol. The summed E-state index contributed by atoms with van der Waals surface area (Å²) in [6, 6.07) is 12.2. The molecule has 2 aromatic carbocycles. The van der Waals surface area contributed by atoms with Gasteiger partial charge in [0, 0.05) is 25.3 Å². The second kappa shape index (κ2) is 8.03. The highest BCUT2D eigenvalue weighted by molar-refractivity contribution is 5.71. The first-order valence-electron chi connectivity index (χ1n) is 8.48. The summed E-state index contributed by atoms with van der Waals surface area (Å²) in [7, 11) is 3.35. The van der Waals surface area contributed by atoms with Crippen LogP contribution >= 0.6 is 0 Å². The first kappa shape index (κ1) is 17.3. The highest BCUT2D eigenvalue weighted by Gasteiger charge is 2.19. The van der Waals surface area contributed by atoms with Crippen LogP contribution in [0.5, 0.6) is 11.5 Å². The Bertz CT molecular complexity index is 728. The lowest BCUT2D eigenvalue weighted by Gasteiger charge is -2.29. The van der Waals surface area contributed by atoms with Crippen LogP contribution in [0.2, 0.25) is 0 Å². The van der Waals surface area contributed by atoms with Crippen LogP contribution in [-0.2, 0) is 24.2 Å². The number of nitrogens with zero attached hydrogens (tertiary/aromatic N) is 1. The van der Waals surface area contributed by atoms with Crippen LogP contribution in [0.25, 0.3) is 0 Å². The van der Waals surface area contributed by atoms with E-state index in [4.69, 9.17) is 9.47 Å². The summed E-state index contributed by atoms with van der Waals surface area (Å²) in [5.74, 6) is 1.60. The first-order chi connectivity index (χ1) is 12.2. The van der Waals surface area contributed by atoms with Crippen molar-refractivity contribution in [2.24, 2.45) is 0 Å². The number of amides is 1. The highest BCUT2D eigenvalue weighted by atomic mass is 16.5. The van der Waals surface area contributed by atoms with E-state index in [1.807, 2.05) is 12.1 Å². The highest BCUT2D eigenvalue weighted by Crippen LogP contribution is 2.33. The van der Waals surface area contributed by atoms with Gasteiger partial charge in [0.1, 0.15) is 0 Å². The predicted octanol–water partition coefficient (Wildman–Crippen LogP) is 2.87. The Morgan fingerprint density at radius 2 is 1.76 bits per heavy atom. The zero-order valence-corrected chi connectivity index (χ0v) is 14.7. The molecule has 1 N–H and O–H groups in total. The average Bonchev–Trinajstić information content (AvgIpc) is 2.66. The van der Waals surface area contributed by atoms with E-state index in [0.29, 0.717) is 6.41 Å². The van der Waals surface area contributed by atoms with Crippen LogP contribution in [0.15, 0.2) is 36.4 Å². The summed E-state index contributed by atoms with van der Waals surface area (Å²) >= 11 is 0. The fourth-order valence-electron chi connectivity index (χ4n) is 3.26. The van der Waals surface area contributed by atoms with E-state index >= 15 is 0 Å². The molecule has 1 amide bonds. The second-order valence-electron chi connectivity index (χ2n) is 6.21. The van der Waals surface area contributed by atoms with E-state index in [1.165, 1.54) is 16.7 Å². The van der Waals surface area contributed by atoms with Crippen molar-refractivity contribution in [2.75, 3.05) is 32.6 Å². The molecule has 0 unspecified atom stereocenters. The maximum Gasteiger partial charge on any atom is 0.211 e. The Morgan fingerprint density at radius 3 is 2.40 bits per heavy atom. The number of rotatable bonds is 7. The van der Waals surface area contributed by atoms with Gasteiger partial charge in [0.05, 0.1) is 14.2 Å². The number of ether oxygens (including phenoxy) is 2. The summed E-state index contributed by atoms with van der Waals surface area (Å²) in [6.07, 6.45) is 2.71. The maximum absolute atomic E-state index is 10.4. The van der Waals surface area contributed by atoms with Gasteiger partial charge in [-0.25, -0.2) is 0 Å². The Hall–Kier alpha value is -2.53. The number of carbonyl (C=O) groups is 1. The van der Waals surface area contributed by atoms with Crippen molar-refractivity contribution in [3.63, 3.8) is 0 Å². The number of methoxy groups -OCH3 is 2. The summed E-state index contributed by atoms with van der Waals surface area (Å²) in [5.41, 5.74) is 4.76. The molecule has 0 atom stereocenters. The van der Waals surface area contributed by atoms with Crippen molar-refractivity contribution in [2.45, 2.75) is 19.4 Å². The van der Waals surface area contributed by atoms with E-state index in [9.17, 15) is 4.79 Å². The van der Waals surface area contributed by atoms with Gasteiger partial charge in [0.25, 0.3) is 0 Å². The SMILES string of the molecule is COc1cc2c(cc1OC)CN(CCc1ccc(NC=O)cc1)CC2. The van der Waals surface area contributed by atoms with Gasteiger partial charge in [-0.05, 0) is 53.8 Å². The molecule has 132 valence electrons. The van der Waals surface area contributed by atoms with E-state index in [0.717, 1.165) is 49.7 Å². The van der Waals surface area contributed by atoms with Crippen LogP contribution in [-0.4, -0.2) is 38.6 Å². The maximum atomic E-state index is 10.4. The van der Waals surface area contributed by atoms with Crippen molar-refractivity contribution < 1.29 is 14.3 Å². The monoisotopic (exact) mass is 340 g/mol. The standard InChI is InChI=1S/C20H24N2O3/c1-24-19-11-16-8-10-22(13-17(16)12-20(19)25-2)9-7-15-3-5-18(6-4-15)21-14-23/h3-6,11-12,14H,7-10,13H2,1-2H3,(H,21,23). The lowest BCUT2D eigenvalue weighted by Crippen LogP contribution is -2.32. The molecule has 0 fully saturated rings. The third kappa shape index (κ3) is 4.12. The topological polar surface area (TPSA) is 50.8 Å². The number of fused-ring (bicyclic) bond motifs is 1. The molecule has 2 aromatic rings. The molecule has 1 heterocycles. The van der Waals surface area contributed by atoms with Crippen LogP contribution in [0.3, 0.4) is 0 Å². The van der Waals surface area contributed by atoms with E-state index in [1.54, 1.807) is 14.2 Å². The molecule has 0 saturated heterocycles. The molecular weight excluding hydrogens is 316 g/mol. The average molecular weight is 340 g/mol. The minimum atomic E-state index is 0.698. The molecule has 25 heavy (non-hydrogen) atoms. The van der Waals surface area contributed by atoms with Gasteiger partial charge >= 0.3 is 0 Å². The molecular formula is C20H24N2O3. The summed E-state index contributed by atoms with van der Waals surface area (Å²) in [5, 5.41) is 2.66. The quantitative estimate of drug-likeness (QED) is 0.788. The molecule has 0 saturated carbocycles. The van der Waals surface area contributed by atoms with Crippen molar-refractivity contribution in [1.82, 2.24) is 4.90 Å². The molecule has 0 aliphatic carbocycles. The van der Waals surface area contributed by atoms with Gasteiger partial charge in [-0.2, -0.15) is 0 Å². The molecule has 3 rings (SSSR count). The number of nitrogens with one attached hydrogen (secondary N) is 1. The van der Waals surface area contributed by atoms with Crippen molar-refractivity contribution in [3.05, 3.63) is 53.1 Å². The molecule has 0 radical (unpaired) electrons. The Morgan fingerprint density at radius 1 is 1.08 bits per heavy atom. The number of anilines is 1. The van der Waals surface area contributed by atoms with Crippen LogP contribution in [0, 0.1) is 0 Å². The fourth-order valence-corrected chi connectivity index (χ4v) is 3.26. The van der Waals surface area contributed by atoms with Gasteiger partial charge in [0.15, 0.2) is 11.5 Å². The molecule has 0 bridgehead atoms. The van der Waals surface area contributed by atoms with Gasteiger partial charge in [-0.1, -0.05) is 12.1 Å². The first-order valence-corrected chi connectivity index (χ1v) is 8.48. The Balaban J connectivity index is 1.61. The van der Waals surface area contributed by atoms with Crippen molar-refractivity contribution >= 4 is 12.1 Å². The fraction of sp³-hybridized carbons (Fsp3) is 0.350. The number of hydrogen-bond acceptors (Lipinski definition) is 4. The van der Waals surface area contributed by atoms with Crippen LogP contribution < -0.4 is 14.8 Å². The summed E-state index contributed by atoms with van der Waals surface area (Å²) < 4.78 is 10.8. The van der Waals surface area contributed by atoms with Crippen molar-refractivity contribution in [3.8, 4) is 11.5 Å². The van der Waals surface area contributed by atoms with E-state index < -0.39 is 0 Å². The lowest BCUT2D eigenvalue weighted by molar-refractivity contribution is -0.105. The largest absolute Gasteiger partial charge is 0.493 e. The van der Waals surface area contributed by atoms with E-state index in [2.05, 4.69) is 34.5 Å². The Kier molecular flexibility index (Phi) is 5.56. The summed E-state index contributed by atoms with van der Waals surface area (Å²) in [6.45, 7) is 2.99. The molecule has 5 nitrogen and oxygen atoms in total. The van der Waals surface area contributed by atoms with Gasteiger partial charge in [-0.3, -0.25) is 9.69 Å². The number of hydrogen-bond donors (Lipinski definition) is 1. The number of benzene rings is 2. The van der Waals surface area contributed by atoms with Crippen LogP contribution in [0.1, 0.15) is 16.7 Å². The van der Waals surface area contributed by atoms with Gasteiger partial charge in [-0.15, -0.1) is 0 Å². The third-order valence-corrected chi connectivity index (χ3v) is 4.69. The zero-order valence-electron chi connectivity index (χ0n) is 14.7. The van der Waals surface area contributed by atoms with Crippen LogP contribution in [0.4, 0.5) is 5.69 Å². The Labute approximate surface area is 148 Å². The van der Waals surface area contributed by atoms with Gasteiger partial charge in [0.2, 0.25) is 6.41 Å². The molecule has 1 aliphatic heterocycles. The number of carbonyl (C=O) groups excluding carboxylic acids is 1. The zero-order chi connectivity index (χ0) is 17.6. The molecule has 0 aromatic heterocycles. The molecule has 5 heteroatoms. The molecule has 0 spiro atoms. The summed E-state index contributed by atoms with van der Waals surface area (Å²) in [4.78, 5) is 12.9. The lowest BCUT2D eigenvalue weighted by atomic mass is 9.98. The minimum Gasteiger partial charge on any atom is -0.493 e. The second-order valence-corrected chi connectivity index (χ2v) is 6.21. The van der Waals surface area contributed by atoms with Crippen molar-refractivity contribution in [1.29, 1.82) is 0 Å². The smallest absolute Gasteiger partial charge is 0.211 e. The van der Waals surface area contributed by atoms with Gasteiger partial charge < -0.3 is 14.8 Å². The molecule has 1 aliphatic rings. The van der Waals surface area contributed by atoms with E-state index in [-0.39, 0.29) is 0 Å².